The van der Waals surface area contributed by atoms with E-state index < -0.39 is 0 Å². The molecule has 0 atom stereocenters. The van der Waals surface area contributed by atoms with Crippen LogP contribution >= 0.6 is 15.9 Å². The first-order valence-electron chi connectivity index (χ1n) is 7.47. The van der Waals surface area contributed by atoms with Crippen molar-refractivity contribution in [2.24, 2.45) is 0 Å². The third-order valence-corrected chi connectivity index (χ3v) is 4.09. The minimum Gasteiger partial charge on any atom is -0.493 e. The average molecular weight is 342 g/mol. The molecular weight excluding hydrogens is 318 g/mol. The molecule has 4 heteroatoms. The number of morpholine rings is 1. The zero-order chi connectivity index (χ0) is 14.0. The first kappa shape index (κ1) is 15.8. The van der Waals surface area contributed by atoms with Crippen molar-refractivity contribution in [1.82, 2.24) is 4.90 Å². The molecule has 0 aromatic heterocycles. The molecule has 2 rings (SSSR count). The highest BCUT2D eigenvalue weighted by Crippen LogP contribution is 2.20. The molecule has 0 bridgehead atoms. The van der Waals surface area contributed by atoms with E-state index in [2.05, 4.69) is 45.1 Å². The van der Waals surface area contributed by atoms with Crippen LogP contribution < -0.4 is 4.74 Å². The molecule has 1 heterocycles. The lowest BCUT2D eigenvalue weighted by atomic mass is 10.1. The number of ether oxygens (including phenoxy) is 2. The zero-order valence-electron chi connectivity index (χ0n) is 12.0. The number of benzene rings is 1. The van der Waals surface area contributed by atoms with Gasteiger partial charge in [-0.2, -0.15) is 0 Å². The normalized spacial score (nSPS) is 16.2. The van der Waals surface area contributed by atoms with Gasteiger partial charge in [-0.3, -0.25) is 4.90 Å². The minimum absolute atomic E-state index is 0.783. The van der Waals surface area contributed by atoms with Crippen LogP contribution in [0, 0.1) is 0 Å². The molecule has 0 amide bonds. The summed E-state index contributed by atoms with van der Waals surface area (Å²) < 4.78 is 11.2. The summed E-state index contributed by atoms with van der Waals surface area (Å²) >= 11 is 3.43. The maximum absolute atomic E-state index is 5.86. The summed E-state index contributed by atoms with van der Waals surface area (Å²) in [5.74, 6) is 1.05. The second kappa shape index (κ2) is 9.37. The monoisotopic (exact) mass is 341 g/mol. The Hall–Kier alpha value is -0.580. The number of hydrogen-bond donors (Lipinski definition) is 0. The van der Waals surface area contributed by atoms with Crippen LogP contribution in [0.25, 0.3) is 0 Å². The molecular formula is C16H24BrNO2. The molecule has 0 unspecified atom stereocenters. The summed E-state index contributed by atoms with van der Waals surface area (Å²) in [5.41, 5.74) is 1.33. The van der Waals surface area contributed by atoms with Crippen molar-refractivity contribution >= 4 is 15.9 Å². The molecule has 1 aromatic carbocycles. The molecule has 0 N–H and O–H groups in total. The van der Waals surface area contributed by atoms with Gasteiger partial charge in [-0.1, -0.05) is 34.1 Å². The lowest BCUT2D eigenvalue weighted by Gasteiger charge is -2.26. The highest BCUT2D eigenvalue weighted by Gasteiger charge is 2.10. The molecule has 112 valence electrons. The summed E-state index contributed by atoms with van der Waals surface area (Å²) in [4.78, 5) is 2.48. The van der Waals surface area contributed by atoms with Crippen molar-refractivity contribution in [3.05, 3.63) is 29.8 Å². The van der Waals surface area contributed by atoms with Gasteiger partial charge in [-0.05, 0) is 37.4 Å². The van der Waals surface area contributed by atoms with E-state index in [1.54, 1.807) is 0 Å². The van der Waals surface area contributed by atoms with E-state index in [0.717, 1.165) is 63.4 Å². The predicted molar refractivity (Wildman–Crippen MR) is 85.9 cm³/mol. The second-order valence-corrected chi connectivity index (χ2v) is 5.85. The maximum Gasteiger partial charge on any atom is 0.122 e. The standard InChI is InChI=1S/C16H24BrNO2/c17-8-4-12-20-16-7-2-1-5-15(16)6-3-9-18-10-13-19-14-11-18/h1-2,5,7H,3-4,6,8-14H2. The number of rotatable bonds is 8. The van der Waals surface area contributed by atoms with Gasteiger partial charge < -0.3 is 9.47 Å². The van der Waals surface area contributed by atoms with E-state index in [1.165, 1.54) is 12.0 Å². The van der Waals surface area contributed by atoms with Gasteiger partial charge in [0.2, 0.25) is 0 Å². The molecule has 20 heavy (non-hydrogen) atoms. The second-order valence-electron chi connectivity index (χ2n) is 5.06. The number of aryl methyl sites for hydroxylation is 1. The molecule has 0 saturated carbocycles. The number of nitrogens with zero attached hydrogens (tertiary/aromatic N) is 1. The Morgan fingerprint density at radius 1 is 1.15 bits per heavy atom. The zero-order valence-corrected chi connectivity index (χ0v) is 13.6. The van der Waals surface area contributed by atoms with Crippen molar-refractivity contribution in [3.63, 3.8) is 0 Å². The Balaban J connectivity index is 1.76. The van der Waals surface area contributed by atoms with Crippen molar-refractivity contribution in [3.8, 4) is 5.75 Å². The van der Waals surface area contributed by atoms with E-state index in [4.69, 9.17) is 9.47 Å². The van der Waals surface area contributed by atoms with Gasteiger partial charge >= 0.3 is 0 Å². The maximum atomic E-state index is 5.86. The highest BCUT2D eigenvalue weighted by molar-refractivity contribution is 9.09. The molecule has 1 saturated heterocycles. The summed E-state index contributed by atoms with van der Waals surface area (Å²) in [6, 6.07) is 8.41. The quantitative estimate of drug-likeness (QED) is 0.535. The Morgan fingerprint density at radius 3 is 2.75 bits per heavy atom. The van der Waals surface area contributed by atoms with Crippen molar-refractivity contribution in [1.29, 1.82) is 0 Å². The summed E-state index contributed by atoms with van der Waals surface area (Å²) in [6.45, 7) is 5.84. The largest absolute Gasteiger partial charge is 0.493 e. The fourth-order valence-electron chi connectivity index (χ4n) is 2.41. The van der Waals surface area contributed by atoms with Gasteiger partial charge in [0.1, 0.15) is 5.75 Å². The Kier molecular flexibility index (Phi) is 7.41. The Labute approximate surface area is 130 Å². The number of halogens is 1. The molecule has 1 aromatic rings. The molecule has 0 aliphatic carbocycles. The van der Waals surface area contributed by atoms with Gasteiger partial charge in [0.25, 0.3) is 0 Å². The molecule has 1 aliphatic heterocycles. The van der Waals surface area contributed by atoms with Crippen LogP contribution in [0.1, 0.15) is 18.4 Å². The van der Waals surface area contributed by atoms with E-state index in [0.29, 0.717) is 0 Å². The number of alkyl halides is 1. The first-order valence-corrected chi connectivity index (χ1v) is 8.59. The summed E-state index contributed by atoms with van der Waals surface area (Å²) in [7, 11) is 0. The summed E-state index contributed by atoms with van der Waals surface area (Å²) in [5, 5.41) is 0.992. The fraction of sp³-hybridized carbons (Fsp3) is 0.625. The van der Waals surface area contributed by atoms with Crippen molar-refractivity contribution < 1.29 is 9.47 Å². The van der Waals surface area contributed by atoms with E-state index in [1.807, 2.05) is 0 Å². The molecule has 3 nitrogen and oxygen atoms in total. The number of hydrogen-bond acceptors (Lipinski definition) is 3. The third-order valence-electron chi connectivity index (χ3n) is 3.53. The van der Waals surface area contributed by atoms with Crippen molar-refractivity contribution in [2.45, 2.75) is 19.3 Å². The summed E-state index contributed by atoms with van der Waals surface area (Å²) in [6.07, 6.45) is 3.31. The van der Waals surface area contributed by atoms with Gasteiger partial charge in [0, 0.05) is 18.4 Å². The molecule has 1 fully saturated rings. The molecule has 1 aliphatic rings. The van der Waals surface area contributed by atoms with Crippen LogP contribution in [0.3, 0.4) is 0 Å². The van der Waals surface area contributed by atoms with Crippen LogP contribution in [0.5, 0.6) is 5.75 Å². The van der Waals surface area contributed by atoms with Gasteiger partial charge in [0.05, 0.1) is 19.8 Å². The van der Waals surface area contributed by atoms with Crippen LogP contribution in [-0.4, -0.2) is 49.7 Å². The van der Waals surface area contributed by atoms with Gasteiger partial charge in [-0.25, -0.2) is 0 Å². The SMILES string of the molecule is BrCCCOc1ccccc1CCCN1CCOCC1. The molecule has 0 radical (unpaired) electrons. The van der Waals surface area contributed by atoms with Gasteiger partial charge in [0.15, 0.2) is 0 Å². The first-order chi connectivity index (χ1) is 9.90. The topological polar surface area (TPSA) is 21.7 Å². The lowest BCUT2D eigenvalue weighted by molar-refractivity contribution is 0.0374. The Bertz CT molecular complexity index is 380. The van der Waals surface area contributed by atoms with Crippen LogP contribution in [-0.2, 0) is 11.2 Å². The predicted octanol–water partition coefficient (Wildman–Crippen LogP) is 3.12. The smallest absolute Gasteiger partial charge is 0.122 e. The van der Waals surface area contributed by atoms with Crippen LogP contribution in [0.2, 0.25) is 0 Å². The van der Waals surface area contributed by atoms with Crippen molar-refractivity contribution in [2.75, 3.05) is 44.8 Å². The van der Waals surface area contributed by atoms with E-state index in [9.17, 15) is 0 Å². The van der Waals surface area contributed by atoms with E-state index >= 15 is 0 Å². The van der Waals surface area contributed by atoms with Crippen LogP contribution in [0.15, 0.2) is 24.3 Å². The minimum atomic E-state index is 0.783. The Morgan fingerprint density at radius 2 is 1.95 bits per heavy atom. The average Bonchev–Trinajstić information content (AvgIpc) is 2.50. The van der Waals surface area contributed by atoms with Gasteiger partial charge in [-0.15, -0.1) is 0 Å². The third kappa shape index (κ3) is 5.43. The molecule has 0 spiro atoms. The highest BCUT2D eigenvalue weighted by atomic mass is 79.9. The van der Waals surface area contributed by atoms with Crippen LogP contribution in [0.4, 0.5) is 0 Å². The fourth-order valence-corrected chi connectivity index (χ4v) is 2.63. The lowest BCUT2D eigenvalue weighted by Crippen LogP contribution is -2.36. The number of para-hydroxylation sites is 1. The van der Waals surface area contributed by atoms with E-state index in [-0.39, 0.29) is 0 Å².